The van der Waals surface area contributed by atoms with Crippen LogP contribution in [0.1, 0.15) is 16.8 Å². The lowest BCUT2D eigenvalue weighted by Crippen LogP contribution is -2.47. The number of aromatic nitrogens is 3. The summed E-state index contributed by atoms with van der Waals surface area (Å²) in [7, 11) is 0. The van der Waals surface area contributed by atoms with E-state index in [0.29, 0.717) is 6.54 Å². The van der Waals surface area contributed by atoms with Gasteiger partial charge in [-0.2, -0.15) is 0 Å². The van der Waals surface area contributed by atoms with Gasteiger partial charge in [0.25, 0.3) is 0 Å². The zero-order chi connectivity index (χ0) is 20.8. The molecule has 0 radical (unpaired) electrons. The van der Waals surface area contributed by atoms with Crippen LogP contribution in [0.15, 0.2) is 60.8 Å². The summed E-state index contributed by atoms with van der Waals surface area (Å²) in [4.78, 5) is 4.79. The Balaban J connectivity index is 1.21. The predicted octanol–water partition coefficient (Wildman–Crippen LogP) is 4.32. The average Bonchev–Trinajstić information content (AvgIpc) is 3.22. The molecule has 0 aliphatic carbocycles. The fourth-order valence-electron chi connectivity index (χ4n) is 3.42. The lowest BCUT2D eigenvalue weighted by atomic mass is 10.2. The first-order valence-corrected chi connectivity index (χ1v) is 11.7. The van der Waals surface area contributed by atoms with E-state index in [4.69, 9.17) is 23.8 Å². The van der Waals surface area contributed by atoms with Crippen LogP contribution in [0.5, 0.6) is 0 Å². The molecule has 1 aliphatic rings. The first-order valence-electron chi connectivity index (χ1n) is 9.97. The molecule has 0 unspecified atom stereocenters. The summed E-state index contributed by atoms with van der Waals surface area (Å²) in [5.74, 6) is 0.740. The van der Waals surface area contributed by atoms with Gasteiger partial charge >= 0.3 is 0 Å². The van der Waals surface area contributed by atoms with E-state index < -0.39 is 0 Å². The molecule has 1 aromatic heterocycles. The van der Waals surface area contributed by atoms with Crippen molar-refractivity contribution in [2.45, 2.75) is 18.8 Å². The third kappa shape index (κ3) is 6.04. The van der Waals surface area contributed by atoms with Crippen molar-refractivity contribution < 1.29 is 0 Å². The highest BCUT2D eigenvalue weighted by molar-refractivity contribution is 8.22. The second-order valence-electron chi connectivity index (χ2n) is 7.34. The minimum atomic E-state index is 0.683. The van der Waals surface area contributed by atoms with E-state index in [9.17, 15) is 0 Å². The zero-order valence-electron chi connectivity index (χ0n) is 16.7. The van der Waals surface area contributed by atoms with Crippen molar-refractivity contribution in [3.8, 4) is 0 Å². The molecule has 0 atom stereocenters. The van der Waals surface area contributed by atoms with E-state index in [-0.39, 0.29) is 0 Å². The minimum absolute atomic E-state index is 0.683. The Morgan fingerprint density at radius 3 is 2.37 bits per heavy atom. The Morgan fingerprint density at radius 1 is 0.933 bits per heavy atom. The molecule has 1 aliphatic heterocycles. The average molecular weight is 458 g/mol. The molecule has 0 bridgehead atoms. The van der Waals surface area contributed by atoms with Crippen LogP contribution in [0, 0.1) is 0 Å². The molecule has 2 heterocycles. The van der Waals surface area contributed by atoms with Crippen molar-refractivity contribution in [2.24, 2.45) is 0 Å². The SMILES string of the molecule is S=C(SCc1cn(Cc2ccc(Cl)cc2)nn1)N1CCN(Cc2ccccc2)CC1. The van der Waals surface area contributed by atoms with Gasteiger partial charge in [-0.25, -0.2) is 4.68 Å². The summed E-state index contributed by atoms with van der Waals surface area (Å²) in [6, 6.07) is 18.4. The topological polar surface area (TPSA) is 37.2 Å². The predicted molar refractivity (Wildman–Crippen MR) is 128 cm³/mol. The lowest BCUT2D eigenvalue weighted by molar-refractivity contribution is 0.179. The summed E-state index contributed by atoms with van der Waals surface area (Å²) in [6.07, 6.45) is 1.99. The van der Waals surface area contributed by atoms with Gasteiger partial charge in [0.1, 0.15) is 4.32 Å². The molecule has 0 amide bonds. The molecular formula is C22H24ClN5S2. The van der Waals surface area contributed by atoms with Crippen LogP contribution >= 0.6 is 35.6 Å². The molecule has 4 rings (SSSR count). The molecule has 0 N–H and O–H groups in total. The molecule has 0 saturated carbocycles. The van der Waals surface area contributed by atoms with Crippen LogP contribution in [0.2, 0.25) is 5.02 Å². The van der Waals surface area contributed by atoms with Gasteiger partial charge in [-0.1, -0.05) is 83.3 Å². The number of hydrogen-bond donors (Lipinski definition) is 0. The summed E-state index contributed by atoms with van der Waals surface area (Å²) in [5, 5.41) is 9.26. The Hall–Kier alpha value is -1.93. The van der Waals surface area contributed by atoms with Crippen molar-refractivity contribution in [2.75, 3.05) is 26.2 Å². The summed E-state index contributed by atoms with van der Waals surface area (Å²) >= 11 is 13.3. The van der Waals surface area contributed by atoms with Gasteiger partial charge in [-0.3, -0.25) is 4.90 Å². The molecule has 156 valence electrons. The molecular weight excluding hydrogens is 434 g/mol. The van der Waals surface area contributed by atoms with Crippen molar-refractivity contribution in [3.05, 3.63) is 82.6 Å². The number of nitrogens with zero attached hydrogens (tertiary/aromatic N) is 5. The third-order valence-corrected chi connectivity index (χ3v) is 6.88. The van der Waals surface area contributed by atoms with Crippen molar-refractivity contribution in [1.82, 2.24) is 24.8 Å². The van der Waals surface area contributed by atoms with Crippen LogP contribution in [0.25, 0.3) is 0 Å². The van der Waals surface area contributed by atoms with E-state index in [0.717, 1.165) is 59.1 Å². The molecule has 3 aromatic rings. The molecule has 0 spiro atoms. The van der Waals surface area contributed by atoms with Crippen molar-refractivity contribution in [3.63, 3.8) is 0 Å². The molecule has 1 saturated heterocycles. The highest BCUT2D eigenvalue weighted by Crippen LogP contribution is 2.18. The third-order valence-electron chi connectivity index (χ3n) is 5.07. The monoisotopic (exact) mass is 457 g/mol. The minimum Gasteiger partial charge on any atom is -0.355 e. The van der Waals surface area contributed by atoms with Crippen LogP contribution in [0.4, 0.5) is 0 Å². The van der Waals surface area contributed by atoms with Crippen LogP contribution in [0.3, 0.4) is 0 Å². The van der Waals surface area contributed by atoms with Gasteiger partial charge < -0.3 is 4.90 Å². The summed E-state index contributed by atoms with van der Waals surface area (Å²) < 4.78 is 2.80. The number of benzene rings is 2. The molecule has 2 aromatic carbocycles. The number of thiocarbonyl (C=S) groups is 1. The van der Waals surface area contributed by atoms with Gasteiger partial charge in [0.05, 0.1) is 12.2 Å². The number of rotatable bonds is 6. The lowest BCUT2D eigenvalue weighted by Gasteiger charge is -2.35. The van der Waals surface area contributed by atoms with E-state index in [1.807, 2.05) is 35.1 Å². The van der Waals surface area contributed by atoms with Crippen molar-refractivity contribution >= 4 is 39.9 Å². The standard InChI is InChI=1S/C22H24ClN5S2/c23-20-8-6-19(7-9-20)15-28-16-21(24-25-28)17-30-22(29)27-12-10-26(11-13-27)14-18-4-2-1-3-5-18/h1-9,16H,10-15,17H2. The Bertz CT molecular complexity index is 953. The maximum atomic E-state index is 5.94. The number of piperazine rings is 1. The fraction of sp³-hybridized carbons (Fsp3) is 0.318. The van der Waals surface area contributed by atoms with Crippen molar-refractivity contribution in [1.29, 1.82) is 0 Å². The highest BCUT2D eigenvalue weighted by Gasteiger charge is 2.19. The molecule has 30 heavy (non-hydrogen) atoms. The van der Waals surface area contributed by atoms with Gasteiger partial charge in [-0.15, -0.1) is 5.10 Å². The number of thioether (sulfide) groups is 1. The van der Waals surface area contributed by atoms with Gasteiger partial charge in [0.15, 0.2) is 0 Å². The second kappa shape index (κ2) is 10.4. The van der Waals surface area contributed by atoms with E-state index in [1.54, 1.807) is 11.8 Å². The Morgan fingerprint density at radius 2 is 1.63 bits per heavy atom. The summed E-state index contributed by atoms with van der Waals surface area (Å²) in [5.41, 5.74) is 3.45. The molecule has 8 heteroatoms. The van der Waals surface area contributed by atoms with Crippen LogP contribution in [-0.4, -0.2) is 55.3 Å². The second-order valence-corrected chi connectivity index (χ2v) is 9.38. The largest absolute Gasteiger partial charge is 0.355 e. The fourth-order valence-corrected chi connectivity index (χ4v) is 4.67. The quantitative estimate of drug-likeness (QED) is 0.513. The van der Waals surface area contributed by atoms with Gasteiger partial charge in [0.2, 0.25) is 0 Å². The molecule has 5 nitrogen and oxygen atoms in total. The first-order chi connectivity index (χ1) is 14.7. The van der Waals surface area contributed by atoms with E-state index in [1.165, 1.54) is 5.56 Å². The Labute approximate surface area is 192 Å². The van der Waals surface area contributed by atoms with E-state index in [2.05, 4.69) is 50.4 Å². The van der Waals surface area contributed by atoms with Gasteiger partial charge in [0, 0.05) is 49.7 Å². The number of halogens is 1. The zero-order valence-corrected chi connectivity index (χ0v) is 19.0. The normalized spacial score (nSPS) is 14.8. The maximum Gasteiger partial charge on any atom is 0.136 e. The van der Waals surface area contributed by atoms with Crippen LogP contribution < -0.4 is 0 Å². The highest BCUT2D eigenvalue weighted by atomic mass is 35.5. The maximum absolute atomic E-state index is 5.94. The first kappa shape index (κ1) is 21.3. The summed E-state index contributed by atoms with van der Waals surface area (Å²) in [6.45, 7) is 5.71. The smallest absolute Gasteiger partial charge is 0.136 e. The Kier molecular flexibility index (Phi) is 7.38. The number of hydrogen-bond acceptors (Lipinski definition) is 5. The van der Waals surface area contributed by atoms with Crippen LogP contribution in [-0.2, 0) is 18.8 Å². The van der Waals surface area contributed by atoms with E-state index >= 15 is 0 Å². The van der Waals surface area contributed by atoms with Gasteiger partial charge in [-0.05, 0) is 23.3 Å². The molecule has 1 fully saturated rings.